The second-order valence-corrected chi connectivity index (χ2v) is 8.03. The smallest absolute Gasteiger partial charge is 0.408 e. The summed E-state index contributed by atoms with van der Waals surface area (Å²) in [5.41, 5.74) is -0.252. The molecule has 1 amide bonds. The van der Waals surface area contributed by atoms with Crippen LogP contribution in [0.3, 0.4) is 0 Å². The maximum Gasteiger partial charge on any atom is 0.408 e. The number of rotatable bonds is 4. The second-order valence-electron chi connectivity index (χ2n) is 8.03. The Hall–Kier alpha value is -3.35. The van der Waals surface area contributed by atoms with Crippen LogP contribution >= 0.6 is 0 Å². The van der Waals surface area contributed by atoms with Crippen LogP contribution in [0.15, 0.2) is 45.6 Å². The van der Waals surface area contributed by atoms with E-state index in [4.69, 9.17) is 13.9 Å². The summed E-state index contributed by atoms with van der Waals surface area (Å²) in [6.45, 7) is 8.68. The van der Waals surface area contributed by atoms with E-state index in [0.29, 0.717) is 23.0 Å². The molecule has 0 bridgehead atoms. The molecular formula is C23H25NO6. The van der Waals surface area contributed by atoms with Gasteiger partial charge in [-0.15, -0.1) is 0 Å². The highest BCUT2D eigenvalue weighted by molar-refractivity contribution is 6.05. The van der Waals surface area contributed by atoms with Gasteiger partial charge in [-0.05, 0) is 57.7 Å². The number of carbonyl (C=O) groups is 2. The number of carbonyl (C=O) groups excluding carboxylic acids is 2. The molecule has 7 heteroatoms. The summed E-state index contributed by atoms with van der Waals surface area (Å²) in [5, 5.41) is 4.53. The van der Waals surface area contributed by atoms with Crippen molar-refractivity contribution >= 4 is 33.8 Å². The molecule has 2 aromatic carbocycles. The number of amides is 1. The van der Waals surface area contributed by atoms with Crippen molar-refractivity contribution in [3.63, 3.8) is 0 Å². The average Bonchev–Trinajstić information content (AvgIpc) is 2.67. The lowest BCUT2D eigenvalue weighted by molar-refractivity contribution is -0.136. The topological polar surface area (TPSA) is 94.8 Å². The van der Waals surface area contributed by atoms with Gasteiger partial charge in [0.2, 0.25) is 0 Å². The highest BCUT2D eigenvalue weighted by Gasteiger charge is 2.25. The minimum atomic E-state index is -0.876. The van der Waals surface area contributed by atoms with Crippen molar-refractivity contribution in [1.82, 2.24) is 5.32 Å². The third-order valence-corrected chi connectivity index (χ3v) is 4.58. The first-order valence-corrected chi connectivity index (χ1v) is 9.77. The van der Waals surface area contributed by atoms with E-state index in [0.717, 1.165) is 10.8 Å². The van der Waals surface area contributed by atoms with Gasteiger partial charge in [-0.25, -0.2) is 14.4 Å². The fraction of sp³-hybridized carbons (Fsp3) is 0.348. The van der Waals surface area contributed by atoms with Crippen LogP contribution in [-0.4, -0.2) is 23.7 Å². The van der Waals surface area contributed by atoms with Crippen molar-refractivity contribution in [3.05, 3.63) is 52.4 Å². The van der Waals surface area contributed by atoms with Gasteiger partial charge in [0, 0.05) is 10.9 Å². The van der Waals surface area contributed by atoms with Crippen LogP contribution < -0.4 is 15.7 Å². The number of hydrogen-bond acceptors (Lipinski definition) is 6. The quantitative estimate of drug-likeness (QED) is 0.295. The SMILES string of the molecule is CCC(NC(=O)OC(C)(C)C)C(=O)Oc1ccc2c(oc(=O)c3ccccc32)c1C. The fourth-order valence-corrected chi connectivity index (χ4v) is 3.13. The zero-order chi connectivity index (χ0) is 22.1. The first kappa shape index (κ1) is 21.4. The molecule has 30 heavy (non-hydrogen) atoms. The Morgan fingerprint density at radius 1 is 1.07 bits per heavy atom. The van der Waals surface area contributed by atoms with Crippen molar-refractivity contribution in [1.29, 1.82) is 0 Å². The second kappa shape index (κ2) is 8.18. The summed E-state index contributed by atoms with van der Waals surface area (Å²) in [5.74, 6) is -0.371. The Bertz CT molecular complexity index is 1170. The van der Waals surface area contributed by atoms with Gasteiger partial charge < -0.3 is 19.2 Å². The Balaban J connectivity index is 1.89. The molecule has 0 saturated carbocycles. The van der Waals surface area contributed by atoms with Crippen molar-refractivity contribution in [2.24, 2.45) is 0 Å². The van der Waals surface area contributed by atoms with Crippen LogP contribution in [0.5, 0.6) is 5.75 Å². The third kappa shape index (κ3) is 4.45. The fourth-order valence-electron chi connectivity index (χ4n) is 3.13. The number of alkyl carbamates (subject to hydrolysis) is 1. The highest BCUT2D eigenvalue weighted by Crippen LogP contribution is 2.31. The molecule has 1 heterocycles. The van der Waals surface area contributed by atoms with Crippen LogP contribution in [0.25, 0.3) is 21.7 Å². The van der Waals surface area contributed by atoms with Gasteiger partial charge in [-0.2, -0.15) is 0 Å². The molecule has 3 aromatic rings. The molecule has 1 atom stereocenters. The number of fused-ring (bicyclic) bond motifs is 3. The summed E-state index contributed by atoms with van der Waals surface area (Å²) in [6.07, 6.45) is -0.372. The molecule has 0 spiro atoms. The minimum absolute atomic E-state index is 0.260. The molecule has 1 aromatic heterocycles. The zero-order valence-corrected chi connectivity index (χ0v) is 17.7. The lowest BCUT2D eigenvalue weighted by Crippen LogP contribution is -2.44. The summed E-state index contributed by atoms with van der Waals surface area (Å²) < 4.78 is 16.2. The molecule has 0 fully saturated rings. The van der Waals surface area contributed by atoms with E-state index in [9.17, 15) is 14.4 Å². The molecule has 0 aliphatic heterocycles. The first-order valence-electron chi connectivity index (χ1n) is 9.77. The molecule has 7 nitrogen and oxygen atoms in total. The van der Waals surface area contributed by atoms with E-state index >= 15 is 0 Å². The molecule has 0 radical (unpaired) electrons. The average molecular weight is 411 g/mol. The molecule has 0 aliphatic carbocycles. The van der Waals surface area contributed by atoms with Gasteiger partial charge in [0.15, 0.2) is 0 Å². The van der Waals surface area contributed by atoms with E-state index in [1.165, 1.54) is 0 Å². The molecular weight excluding hydrogens is 386 g/mol. The van der Waals surface area contributed by atoms with Crippen molar-refractivity contribution in [2.75, 3.05) is 0 Å². The summed E-state index contributed by atoms with van der Waals surface area (Å²) in [6, 6.07) is 9.70. The van der Waals surface area contributed by atoms with E-state index in [-0.39, 0.29) is 5.75 Å². The Morgan fingerprint density at radius 2 is 1.73 bits per heavy atom. The summed E-state index contributed by atoms with van der Waals surface area (Å²) in [4.78, 5) is 37.0. The molecule has 158 valence electrons. The van der Waals surface area contributed by atoms with E-state index in [1.807, 2.05) is 12.1 Å². The van der Waals surface area contributed by atoms with Crippen LogP contribution in [0, 0.1) is 6.92 Å². The molecule has 1 N–H and O–H groups in total. The lowest BCUT2D eigenvalue weighted by Gasteiger charge is -2.22. The Kier molecular flexibility index (Phi) is 5.82. The lowest BCUT2D eigenvalue weighted by atomic mass is 10.0. The number of esters is 1. The number of ether oxygens (including phenoxy) is 2. The minimum Gasteiger partial charge on any atom is -0.444 e. The first-order chi connectivity index (χ1) is 14.1. The number of nitrogens with one attached hydrogen (secondary N) is 1. The normalized spacial score (nSPS) is 12.6. The number of hydrogen-bond donors (Lipinski definition) is 1. The van der Waals surface area contributed by atoms with Crippen LogP contribution in [0.4, 0.5) is 4.79 Å². The summed E-state index contributed by atoms with van der Waals surface area (Å²) >= 11 is 0. The van der Waals surface area contributed by atoms with E-state index in [2.05, 4.69) is 5.32 Å². The largest absolute Gasteiger partial charge is 0.444 e. The van der Waals surface area contributed by atoms with E-state index in [1.54, 1.807) is 58.9 Å². The highest BCUT2D eigenvalue weighted by atomic mass is 16.6. The number of benzene rings is 2. The van der Waals surface area contributed by atoms with Gasteiger partial charge in [0.1, 0.15) is 23.0 Å². The number of aryl methyl sites for hydroxylation is 1. The summed E-state index contributed by atoms with van der Waals surface area (Å²) in [7, 11) is 0. The van der Waals surface area contributed by atoms with Crippen molar-refractivity contribution < 1.29 is 23.5 Å². The predicted molar refractivity (Wildman–Crippen MR) is 114 cm³/mol. The third-order valence-electron chi connectivity index (χ3n) is 4.58. The molecule has 0 saturated heterocycles. The molecule has 1 unspecified atom stereocenters. The maximum absolute atomic E-state index is 12.6. The van der Waals surface area contributed by atoms with Gasteiger partial charge in [-0.1, -0.05) is 25.1 Å². The zero-order valence-electron chi connectivity index (χ0n) is 17.7. The van der Waals surface area contributed by atoms with Crippen LogP contribution in [-0.2, 0) is 9.53 Å². The molecule has 3 rings (SSSR count). The van der Waals surface area contributed by atoms with Crippen LogP contribution in [0.1, 0.15) is 39.7 Å². The Morgan fingerprint density at radius 3 is 2.37 bits per heavy atom. The predicted octanol–water partition coefficient (Wildman–Crippen LogP) is 4.46. The van der Waals surface area contributed by atoms with E-state index < -0.39 is 29.3 Å². The molecule has 0 aliphatic rings. The van der Waals surface area contributed by atoms with Crippen LogP contribution in [0.2, 0.25) is 0 Å². The Labute approximate surface area is 174 Å². The standard InChI is InChI=1S/C23H25NO6/c1-6-17(24-22(27)30-23(3,4)5)21(26)28-18-12-11-15-14-9-7-8-10-16(14)20(25)29-19(15)13(18)2/h7-12,17H,6H2,1-5H3,(H,24,27). The monoisotopic (exact) mass is 411 g/mol. The van der Waals surface area contributed by atoms with Gasteiger partial charge >= 0.3 is 17.7 Å². The van der Waals surface area contributed by atoms with Gasteiger partial charge in [0.05, 0.1) is 5.39 Å². The van der Waals surface area contributed by atoms with Crippen molar-refractivity contribution in [2.45, 2.75) is 52.7 Å². The van der Waals surface area contributed by atoms with Crippen molar-refractivity contribution in [3.8, 4) is 5.75 Å². The van der Waals surface area contributed by atoms with Gasteiger partial charge in [0.25, 0.3) is 0 Å². The maximum atomic E-state index is 12.6. The van der Waals surface area contributed by atoms with Gasteiger partial charge in [-0.3, -0.25) is 0 Å².